The normalized spacial score (nSPS) is 21.7. The molecule has 0 aromatic heterocycles. The maximum Gasteiger partial charge on any atom is 0.243 e. The number of sulfonamides is 1. The van der Waals surface area contributed by atoms with Gasteiger partial charge >= 0.3 is 0 Å². The Kier molecular flexibility index (Phi) is 8.28. The van der Waals surface area contributed by atoms with Gasteiger partial charge in [-0.15, -0.1) is 0 Å². The summed E-state index contributed by atoms with van der Waals surface area (Å²) in [6, 6.07) is 28.2. The Balaban J connectivity index is 1.35. The SMILES string of the molecule is COc1ccc(S(=O)(=O)N(Cc2ccccc2)C2CCN([C@@H]3CCCC[C@@H]3c3ccccc3)CC2)cc1. The number of ether oxygens (including phenoxy) is 1. The molecule has 0 amide bonds. The Labute approximate surface area is 222 Å². The molecular weight excluding hydrogens is 480 g/mol. The minimum Gasteiger partial charge on any atom is -0.497 e. The lowest BCUT2D eigenvalue weighted by molar-refractivity contribution is 0.0834. The van der Waals surface area contributed by atoms with Crippen molar-refractivity contribution in [3.05, 3.63) is 96.1 Å². The first-order chi connectivity index (χ1) is 18.1. The van der Waals surface area contributed by atoms with Crippen LogP contribution in [0.5, 0.6) is 5.75 Å². The third-order valence-electron chi connectivity index (χ3n) is 8.18. The number of likely N-dealkylation sites (tertiary alicyclic amines) is 1. The van der Waals surface area contributed by atoms with E-state index in [1.807, 2.05) is 30.3 Å². The van der Waals surface area contributed by atoms with Gasteiger partial charge in [0, 0.05) is 18.6 Å². The fourth-order valence-electron chi connectivity index (χ4n) is 6.20. The van der Waals surface area contributed by atoms with Gasteiger partial charge in [0.15, 0.2) is 0 Å². The van der Waals surface area contributed by atoms with Crippen molar-refractivity contribution >= 4 is 10.0 Å². The van der Waals surface area contributed by atoms with Gasteiger partial charge in [0.05, 0.1) is 12.0 Å². The zero-order valence-corrected chi connectivity index (χ0v) is 22.5. The summed E-state index contributed by atoms with van der Waals surface area (Å²) in [5.74, 6) is 1.22. The van der Waals surface area contributed by atoms with Gasteiger partial charge < -0.3 is 4.74 Å². The van der Waals surface area contributed by atoms with Crippen molar-refractivity contribution in [1.29, 1.82) is 0 Å². The van der Waals surface area contributed by atoms with Crippen LogP contribution in [0.15, 0.2) is 89.8 Å². The molecular formula is C31H38N2O3S. The molecule has 5 nitrogen and oxygen atoms in total. The van der Waals surface area contributed by atoms with E-state index in [0.717, 1.165) is 31.5 Å². The van der Waals surface area contributed by atoms with Crippen molar-refractivity contribution in [2.75, 3.05) is 20.2 Å². The van der Waals surface area contributed by atoms with E-state index in [0.29, 0.717) is 29.1 Å². The Morgan fingerprint density at radius 3 is 2.08 bits per heavy atom. The van der Waals surface area contributed by atoms with Crippen LogP contribution in [0.4, 0.5) is 0 Å². The summed E-state index contributed by atoms with van der Waals surface area (Å²) in [4.78, 5) is 2.97. The maximum atomic E-state index is 13.9. The number of piperidine rings is 1. The molecule has 1 aliphatic heterocycles. The molecule has 0 unspecified atom stereocenters. The van der Waals surface area contributed by atoms with Gasteiger partial charge in [0.2, 0.25) is 10.0 Å². The third kappa shape index (κ3) is 5.92. The highest BCUT2D eigenvalue weighted by molar-refractivity contribution is 7.89. The first-order valence-electron chi connectivity index (χ1n) is 13.5. The average molecular weight is 519 g/mol. The number of hydrogen-bond donors (Lipinski definition) is 0. The van der Waals surface area contributed by atoms with E-state index in [1.54, 1.807) is 35.7 Å². The Bertz CT molecular complexity index is 1220. The summed E-state index contributed by atoms with van der Waals surface area (Å²) in [5, 5.41) is 0. The van der Waals surface area contributed by atoms with Crippen LogP contribution in [-0.2, 0) is 16.6 Å². The Morgan fingerprint density at radius 2 is 1.43 bits per heavy atom. The number of rotatable bonds is 8. The molecule has 0 bridgehead atoms. The summed E-state index contributed by atoms with van der Waals surface area (Å²) < 4.78 is 34.9. The molecule has 0 radical (unpaired) electrons. The van der Waals surface area contributed by atoms with Crippen molar-refractivity contribution in [1.82, 2.24) is 9.21 Å². The van der Waals surface area contributed by atoms with Crippen molar-refractivity contribution in [3.63, 3.8) is 0 Å². The van der Waals surface area contributed by atoms with Crippen LogP contribution in [0.3, 0.4) is 0 Å². The fraction of sp³-hybridized carbons (Fsp3) is 0.419. The largest absolute Gasteiger partial charge is 0.497 e. The van der Waals surface area contributed by atoms with Crippen LogP contribution in [0.1, 0.15) is 55.6 Å². The zero-order valence-electron chi connectivity index (χ0n) is 21.7. The summed E-state index contributed by atoms with van der Waals surface area (Å²) in [7, 11) is -2.07. The molecule has 3 aromatic rings. The molecule has 1 saturated carbocycles. The first-order valence-corrected chi connectivity index (χ1v) is 15.0. The molecule has 1 saturated heterocycles. The minimum atomic E-state index is -3.66. The topological polar surface area (TPSA) is 49.9 Å². The second kappa shape index (κ2) is 11.8. The highest BCUT2D eigenvalue weighted by atomic mass is 32.2. The van der Waals surface area contributed by atoms with Gasteiger partial charge in [-0.05, 0) is 80.1 Å². The monoisotopic (exact) mass is 518 g/mol. The molecule has 0 spiro atoms. The number of hydrogen-bond acceptors (Lipinski definition) is 4. The lowest BCUT2D eigenvalue weighted by Crippen LogP contribution is -2.51. The van der Waals surface area contributed by atoms with Gasteiger partial charge in [0.1, 0.15) is 5.75 Å². The Morgan fingerprint density at radius 1 is 0.811 bits per heavy atom. The van der Waals surface area contributed by atoms with Crippen LogP contribution < -0.4 is 4.74 Å². The number of benzene rings is 3. The summed E-state index contributed by atoms with van der Waals surface area (Å²) >= 11 is 0. The molecule has 3 aromatic carbocycles. The van der Waals surface area contributed by atoms with E-state index in [4.69, 9.17) is 4.74 Å². The lowest BCUT2D eigenvalue weighted by Gasteiger charge is -2.45. The van der Waals surface area contributed by atoms with E-state index < -0.39 is 10.0 Å². The second-order valence-corrected chi connectivity index (χ2v) is 12.2. The van der Waals surface area contributed by atoms with E-state index in [-0.39, 0.29) is 6.04 Å². The molecule has 1 heterocycles. The average Bonchev–Trinajstić information content (AvgIpc) is 2.97. The first kappa shape index (κ1) is 26.0. The van der Waals surface area contributed by atoms with Crippen LogP contribution in [0.25, 0.3) is 0 Å². The fourth-order valence-corrected chi connectivity index (χ4v) is 7.87. The number of methoxy groups -OCH3 is 1. The molecule has 0 N–H and O–H groups in total. The molecule has 2 atom stereocenters. The van der Waals surface area contributed by atoms with E-state index >= 15 is 0 Å². The zero-order chi connectivity index (χ0) is 25.7. The summed E-state index contributed by atoms with van der Waals surface area (Å²) in [6.45, 7) is 2.25. The molecule has 6 heteroatoms. The molecule has 37 heavy (non-hydrogen) atoms. The standard InChI is InChI=1S/C31H38N2O3S/c1-36-28-16-18-29(19-17-28)37(34,35)33(24-25-10-4-2-5-11-25)27-20-22-32(23-21-27)31-15-9-8-14-30(31)26-12-6-3-7-13-26/h2-7,10-13,16-19,27,30-31H,8-9,14-15,20-24H2,1H3/t30-,31-/m1/s1. The molecule has 2 aliphatic rings. The lowest BCUT2D eigenvalue weighted by atomic mass is 9.78. The number of nitrogens with zero attached hydrogens (tertiary/aromatic N) is 2. The third-order valence-corrected chi connectivity index (χ3v) is 10.1. The van der Waals surface area contributed by atoms with Crippen LogP contribution >= 0.6 is 0 Å². The second-order valence-electron chi connectivity index (χ2n) is 10.3. The predicted octanol–water partition coefficient (Wildman–Crippen LogP) is 6.08. The predicted molar refractivity (Wildman–Crippen MR) is 148 cm³/mol. The van der Waals surface area contributed by atoms with Gasteiger partial charge in [-0.25, -0.2) is 8.42 Å². The quantitative estimate of drug-likeness (QED) is 0.363. The summed E-state index contributed by atoms with van der Waals surface area (Å²) in [6.07, 6.45) is 6.72. The van der Waals surface area contributed by atoms with Crippen molar-refractivity contribution in [3.8, 4) is 5.75 Å². The van der Waals surface area contributed by atoms with Crippen LogP contribution in [0, 0.1) is 0 Å². The van der Waals surface area contributed by atoms with Crippen molar-refractivity contribution in [2.24, 2.45) is 0 Å². The van der Waals surface area contributed by atoms with Crippen molar-refractivity contribution < 1.29 is 13.2 Å². The minimum absolute atomic E-state index is 0.0256. The molecule has 1 aliphatic carbocycles. The smallest absolute Gasteiger partial charge is 0.243 e. The van der Waals surface area contributed by atoms with Gasteiger partial charge in [-0.1, -0.05) is 73.5 Å². The van der Waals surface area contributed by atoms with Gasteiger partial charge in [-0.3, -0.25) is 4.90 Å². The van der Waals surface area contributed by atoms with E-state index in [1.165, 1.54) is 31.2 Å². The van der Waals surface area contributed by atoms with Crippen molar-refractivity contribution in [2.45, 2.75) is 68.0 Å². The Hall–Kier alpha value is -2.67. The van der Waals surface area contributed by atoms with Crippen LogP contribution in [0.2, 0.25) is 0 Å². The van der Waals surface area contributed by atoms with Crippen LogP contribution in [-0.4, -0.2) is 49.9 Å². The molecule has 196 valence electrons. The maximum absolute atomic E-state index is 13.9. The van der Waals surface area contributed by atoms with Gasteiger partial charge in [-0.2, -0.15) is 4.31 Å². The highest BCUT2D eigenvalue weighted by Crippen LogP contribution is 2.38. The highest BCUT2D eigenvalue weighted by Gasteiger charge is 2.37. The van der Waals surface area contributed by atoms with Gasteiger partial charge in [0.25, 0.3) is 0 Å². The summed E-state index contributed by atoms with van der Waals surface area (Å²) in [5.41, 5.74) is 2.46. The molecule has 5 rings (SSSR count). The van der Waals surface area contributed by atoms with E-state index in [2.05, 4.69) is 35.2 Å². The molecule has 2 fully saturated rings. The van der Waals surface area contributed by atoms with E-state index in [9.17, 15) is 8.42 Å².